The highest BCUT2D eigenvalue weighted by molar-refractivity contribution is 5.81. The lowest BCUT2D eigenvalue weighted by Crippen LogP contribution is -2.47. The Morgan fingerprint density at radius 3 is 2.28 bits per heavy atom. The monoisotopic (exact) mass is 344 g/mol. The van der Waals surface area contributed by atoms with Crippen LogP contribution in [0.15, 0.2) is 29.1 Å². The van der Waals surface area contributed by atoms with Crippen molar-refractivity contribution in [1.82, 2.24) is 19.4 Å². The van der Waals surface area contributed by atoms with Crippen LogP contribution in [-0.4, -0.2) is 45.0 Å². The molecule has 0 aliphatic carbocycles. The third-order valence-corrected chi connectivity index (χ3v) is 4.85. The van der Waals surface area contributed by atoms with E-state index in [4.69, 9.17) is 0 Å². The number of likely N-dealkylation sites (tertiary alicyclic amines) is 1. The molecule has 7 nitrogen and oxygen atoms in total. The minimum absolute atomic E-state index is 0.0132. The third kappa shape index (κ3) is 3.45. The maximum atomic E-state index is 12.6. The third-order valence-electron chi connectivity index (χ3n) is 4.85. The van der Waals surface area contributed by atoms with E-state index < -0.39 is 0 Å². The van der Waals surface area contributed by atoms with Gasteiger partial charge in [-0.3, -0.25) is 18.7 Å². The van der Waals surface area contributed by atoms with Crippen LogP contribution in [0.25, 0.3) is 11.0 Å². The fraction of sp³-hybridized carbons (Fsp3) is 0.500. The predicted octanol–water partition coefficient (Wildman–Crippen LogP) is 0.950. The zero-order valence-corrected chi connectivity index (χ0v) is 14.7. The first-order valence-electron chi connectivity index (χ1n) is 8.74. The van der Waals surface area contributed by atoms with Gasteiger partial charge in [-0.2, -0.15) is 0 Å². The number of aryl methyl sites for hydroxylation is 1. The van der Waals surface area contributed by atoms with E-state index in [-0.39, 0.29) is 30.1 Å². The van der Waals surface area contributed by atoms with Gasteiger partial charge in [-0.15, -0.1) is 0 Å². The molecule has 1 aromatic heterocycles. The average Bonchev–Trinajstić information content (AvgIpc) is 2.87. The topological polar surface area (TPSA) is 76.3 Å². The van der Waals surface area contributed by atoms with Gasteiger partial charge in [0.15, 0.2) is 0 Å². The largest absolute Gasteiger partial charge is 0.352 e. The van der Waals surface area contributed by atoms with E-state index in [9.17, 15) is 14.4 Å². The number of fused-ring (bicyclic) bond motifs is 1. The van der Waals surface area contributed by atoms with Crippen molar-refractivity contribution < 1.29 is 9.59 Å². The molecule has 2 amide bonds. The van der Waals surface area contributed by atoms with Crippen LogP contribution < -0.4 is 11.0 Å². The first-order valence-corrected chi connectivity index (χ1v) is 8.74. The standard InChI is InChI=1S/C18H24N4O3/c1-3-21-15-6-4-5-7-16(15)22(18(21)25)12-17(24)19-14-8-10-20(11-9-14)13(2)23/h4-7,14H,3,8-12H2,1-2H3,(H,19,24). The number of rotatable bonds is 4. The lowest BCUT2D eigenvalue weighted by atomic mass is 10.1. The van der Waals surface area contributed by atoms with Crippen LogP contribution >= 0.6 is 0 Å². The number of para-hydroxylation sites is 2. The summed E-state index contributed by atoms with van der Waals surface area (Å²) in [6, 6.07) is 7.57. The quantitative estimate of drug-likeness (QED) is 0.897. The minimum atomic E-state index is -0.164. The number of benzene rings is 1. The number of nitrogens with one attached hydrogen (secondary N) is 1. The van der Waals surface area contributed by atoms with Crippen molar-refractivity contribution in [2.45, 2.75) is 45.8 Å². The van der Waals surface area contributed by atoms with Gasteiger partial charge in [0.25, 0.3) is 0 Å². The number of imidazole rings is 1. The summed E-state index contributed by atoms with van der Waals surface area (Å²) in [4.78, 5) is 38.1. The highest BCUT2D eigenvalue weighted by Gasteiger charge is 2.22. The van der Waals surface area contributed by atoms with Crippen LogP contribution in [0.3, 0.4) is 0 Å². The molecule has 0 spiro atoms. The average molecular weight is 344 g/mol. The normalized spacial score (nSPS) is 15.5. The van der Waals surface area contributed by atoms with Gasteiger partial charge in [-0.05, 0) is 31.9 Å². The molecule has 1 aromatic carbocycles. The summed E-state index contributed by atoms with van der Waals surface area (Å²) in [5, 5.41) is 3.00. The summed E-state index contributed by atoms with van der Waals surface area (Å²) < 4.78 is 3.20. The number of carbonyl (C=O) groups is 2. The summed E-state index contributed by atoms with van der Waals surface area (Å²) in [5.41, 5.74) is 1.46. The Kier molecular flexibility index (Phi) is 4.92. The molecule has 0 atom stereocenters. The van der Waals surface area contributed by atoms with Crippen LogP contribution in [0.1, 0.15) is 26.7 Å². The van der Waals surface area contributed by atoms with Gasteiger partial charge < -0.3 is 10.2 Å². The Bertz CT molecular complexity index is 844. The smallest absolute Gasteiger partial charge is 0.329 e. The Morgan fingerprint density at radius 1 is 1.12 bits per heavy atom. The van der Waals surface area contributed by atoms with Crippen molar-refractivity contribution in [2.24, 2.45) is 0 Å². The molecule has 0 saturated carbocycles. The van der Waals surface area contributed by atoms with Crippen LogP contribution in [0.5, 0.6) is 0 Å². The van der Waals surface area contributed by atoms with Crippen molar-refractivity contribution in [2.75, 3.05) is 13.1 Å². The molecular formula is C18H24N4O3. The Labute approximate surface area is 146 Å². The molecule has 2 aromatic rings. The Hall–Kier alpha value is -2.57. The number of carbonyl (C=O) groups excluding carboxylic acids is 2. The van der Waals surface area contributed by atoms with E-state index >= 15 is 0 Å². The highest BCUT2D eigenvalue weighted by Crippen LogP contribution is 2.13. The molecule has 1 aliphatic rings. The molecule has 134 valence electrons. The molecule has 0 bridgehead atoms. The number of nitrogens with zero attached hydrogens (tertiary/aromatic N) is 3. The van der Waals surface area contributed by atoms with Gasteiger partial charge in [0.05, 0.1) is 11.0 Å². The van der Waals surface area contributed by atoms with Crippen LogP contribution in [0, 0.1) is 0 Å². The summed E-state index contributed by atoms with van der Waals surface area (Å²) in [6.45, 7) is 5.39. The lowest BCUT2D eigenvalue weighted by molar-refractivity contribution is -0.130. The second-order valence-electron chi connectivity index (χ2n) is 6.45. The fourth-order valence-electron chi connectivity index (χ4n) is 3.49. The van der Waals surface area contributed by atoms with E-state index in [0.717, 1.165) is 23.9 Å². The van der Waals surface area contributed by atoms with Crippen LogP contribution in [-0.2, 0) is 22.7 Å². The molecule has 2 heterocycles. The molecule has 0 radical (unpaired) electrons. The second kappa shape index (κ2) is 7.13. The number of aromatic nitrogens is 2. The summed E-state index contributed by atoms with van der Waals surface area (Å²) in [5.74, 6) is -0.0916. The number of piperidine rings is 1. The molecule has 1 N–H and O–H groups in total. The second-order valence-corrected chi connectivity index (χ2v) is 6.45. The van der Waals surface area contributed by atoms with Crippen molar-refractivity contribution in [3.63, 3.8) is 0 Å². The Morgan fingerprint density at radius 2 is 1.72 bits per heavy atom. The summed E-state index contributed by atoms with van der Waals surface area (Å²) >= 11 is 0. The van der Waals surface area contributed by atoms with Gasteiger partial charge in [-0.1, -0.05) is 12.1 Å². The first kappa shape index (κ1) is 17.3. The first-order chi connectivity index (χ1) is 12.0. The van der Waals surface area contributed by atoms with Crippen molar-refractivity contribution >= 4 is 22.8 Å². The van der Waals surface area contributed by atoms with E-state index in [0.29, 0.717) is 19.6 Å². The highest BCUT2D eigenvalue weighted by atomic mass is 16.2. The maximum absolute atomic E-state index is 12.6. The molecule has 1 fully saturated rings. The van der Waals surface area contributed by atoms with E-state index in [1.807, 2.05) is 31.2 Å². The fourth-order valence-corrected chi connectivity index (χ4v) is 3.49. The number of hydrogen-bond donors (Lipinski definition) is 1. The van der Waals surface area contributed by atoms with E-state index in [1.165, 1.54) is 4.57 Å². The molecule has 7 heteroatoms. The van der Waals surface area contributed by atoms with Gasteiger partial charge in [-0.25, -0.2) is 4.79 Å². The summed E-state index contributed by atoms with van der Waals surface area (Å²) in [7, 11) is 0. The molecule has 3 rings (SSSR count). The molecule has 1 saturated heterocycles. The zero-order chi connectivity index (χ0) is 18.0. The van der Waals surface area contributed by atoms with Crippen LogP contribution in [0.4, 0.5) is 0 Å². The van der Waals surface area contributed by atoms with Gasteiger partial charge >= 0.3 is 5.69 Å². The molecule has 1 aliphatic heterocycles. The molecule has 25 heavy (non-hydrogen) atoms. The van der Waals surface area contributed by atoms with Crippen molar-refractivity contribution in [1.29, 1.82) is 0 Å². The van der Waals surface area contributed by atoms with Gasteiger partial charge in [0.1, 0.15) is 6.54 Å². The number of amides is 2. The Balaban J connectivity index is 1.70. The minimum Gasteiger partial charge on any atom is -0.352 e. The SMILES string of the molecule is CCn1c(=O)n(CC(=O)NC2CCN(C(C)=O)CC2)c2ccccc21. The van der Waals surface area contributed by atoms with Gasteiger partial charge in [0, 0.05) is 32.6 Å². The van der Waals surface area contributed by atoms with Crippen molar-refractivity contribution in [3.8, 4) is 0 Å². The summed E-state index contributed by atoms with van der Waals surface area (Å²) in [6.07, 6.45) is 1.49. The van der Waals surface area contributed by atoms with Crippen LogP contribution in [0.2, 0.25) is 0 Å². The molecular weight excluding hydrogens is 320 g/mol. The predicted molar refractivity (Wildman–Crippen MR) is 95.3 cm³/mol. The maximum Gasteiger partial charge on any atom is 0.329 e. The van der Waals surface area contributed by atoms with E-state index in [1.54, 1.807) is 16.4 Å². The lowest BCUT2D eigenvalue weighted by Gasteiger charge is -2.31. The van der Waals surface area contributed by atoms with E-state index in [2.05, 4.69) is 5.32 Å². The zero-order valence-electron chi connectivity index (χ0n) is 14.7. The number of hydrogen-bond acceptors (Lipinski definition) is 3. The van der Waals surface area contributed by atoms with Crippen molar-refractivity contribution in [3.05, 3.63) is 34.7 Å². The molecule has 0 unspecified atom stereocenters. The van der Waals surface area contributed by atoms with Gasteiger partial charge in [0.2, 0.25) is 11.8 Å².